The van der Waals surface area contributed by atoms with E-state index in [9.17, 15) is 0 Å². The molecule has 2 heterocycles. The molecule has 1 atom stereocenters. The zero-order valence-corrected chi connectivity index (χ0v) is 7.23. The van der Waals surface area contributed by atoms with E-state index in [1.807, 2.05) is 6.20 Å². The Hall–Kier alpha value is -0.410. The normalized spacial score (nSPS) is 25.3. The number of aromatic nitrogens is 1. The molecule has 3 heteroatoms. The summed E-state index contributed by atoms with van der Waals surface area (Å²) in [6, 6.07) is 0. The first-order valence-corrected chi connectivity index (χ1v) is 4.95. The molecule has 60 valence electrons. The fraction of sp³-hybridized carbons (Fsp3) is 0.625. The Labute approximate surface area is 70.7 Å². The molecule has 2 nitrogen and oxygen atoms in total. The molecular weight excluding hydrogens is 156 g/mol. The van der Waals surface area contributed by atoms with Crippen molar-refractivity contribution < 1.29 is 0 Å². The molecule has 1 fully saturated rings. The number of rotatable bonds is 1. The molecule has 1 aromatic rings. The van der Waals surface area contributed by atoms with Crippen LogP contribution in [0, 0.1) is 0 Å². The largest absolute Gasteiger partial charge is 0.316 e. The lowest BCUT2D eigenvalue weighted by molar-refractivity contribution is 0.460. The first-order valence-electron chi connectivity index (χ1n) is 4.07. The maximum absolute atomic E-state index is 4.32. The second kappa shape index (κ2) is 3.32. The van der Waals surface area contributed by atoms with Crippen molar-refractivity contribution in [1.82, 2.24) is 10.3 Å². The lowest BCUT2D eigenvalue weighted by Crippen LogP contribution is -2.28. The SMILES string of the molecule is c1csc([C@@H]2CCCNC2)n1. The smallest absolute Gasteiger partial charge is 0.0968 e. The third kappa shape index (κ3) is 1.60. The van der Waals surface area contributed by atoms with E-state index in [1.165, 1.54) is 24.4 Å². The lowest BCUT2D eigenvalue weighted by atomic mass is 10.0. The van der Waals surface area contributed by atoms with Crippen LogP contribution in [0.1, 0.15) is 23.8 Å². The lowest BCUT2D eigenvalue weighted by Gasteiger charge is -2.20. The van der Waals surface area contributed by atoms with Gasteiger partial charge in [0.15, 0.2) is 0 Å². The summed E-state index contributed by atoms with van der Waals surface area (Å²) in [5.41, 5.74) is 0. The molecule has 0 saturated carbocycles. The van der Waals surface area contributed by atoms with Crippen molar-refractivity contribution in [3.8, 4) is 0 Å². The summed E-state index contributed by atoms with van der Waals surface area (Å²) in [5.74, 6) is 0.684. The van der Waals surface area contributed by atoms with Crippen molar-refractivity contribution in [2.45, 2.75) is 18.8 Å². The summed E-state index contributed by atoms with van der Waals surface area (Å²) in [7, 11) is 0. The number of piperidine rings is 1. The molecule has 0 spiro atoms. The van der Waals surface area contributed by atoms with Crippen LogP contribution in [0.25, 0.3) is 0 Å². The number of nitrogens with one attached hydrogen (secondary N) is 1. The Morgan fingerprint density at radius 2 is 2.64 bits per heavy atom. The van der Waals surface area contributed by atoms with Crippen LogP contribution in [0.2, 0.25) is 0 Å². The van der Waals surface area contributed by atoms with Crippen molar-refractivity contribution in [2.75, 3.05) is 13.1 Å². The minimum absolute atomic E-state index is 0.684. The minimum atomic E-state index is 0.684. The van der Waals surface area contributed by atoms with Crippen molar-refractivity contribution in [1.29, 1.82) is 0 Å². The summed E-state index contributed by atoms with van der Waals surface area (Å²) in [6.45, 7) is 2.30. The first-order chi connectivity index (χ1) is 5.47. The summed E-state index contributed by atoms with van der Waals surface area (Å²) in [5, 5.41) is 6.75. The fourth-order valence-electron chi connectivity index (χ4n) is 1.50. The van der Waals surface area contributed by atoms with Gasteiger partial charge in [-0.15, -0.1) is 11.3 Å². The Balaban J connectivity index is 2.04. The average molecular weight is 168 g/mol. The third-order valence-electron chi connectivity index (χ3n) is 2.10. The number of thiazole rings is 1. The van der Waals surface area contributed by atoms with Gasteiger partial charge in [-0.2, -0.15) is 0 Å². The third-order valence-corrected chi connectivity index (χ3v) is 3.04. The second-order valence-corrected chi connectivity index (χ2v) is 3.84. The highest BCUT2D eigenvalue weighted by atomic mass is 32.1. The van der Waals surface area contributed by atoms with Crippen molar-refractivity contribution in [3.63, 3.8) is 0 Å². The van der Waals surface area contributed by atoms with E-state index in [0.717, 1.165) is 6.54 Å². The van der Waals surface area contributed by atoms with Crippen molar-refractivity contribution in [3.05, 3.63) is 16.6 Å². The van der Waals surface area contributed by atoms with Gasteiger partial charge in [0.25, 0.3) is 0 Å². The molecule has 0 radical (unpaired) electrons. The van der Waals surface area contributed by atoms with Crippen LogP contribution in [0.3, 0.4) is 0 Å². The maximum Gasteiger partial charge on any atom is 0.0968 e. The Morgan fingerprint density at radius 1 is 1.64 bits per heavy atom. The van der Waals surface area contributed by atoms with E-state index in [1.54, 1.807) is 11.3 Å². The highest BCUT2D eigenvalue weighted by molar-refractivity contribution is 7.09. The summed E-state index contributed by atoms with van der Waals surface area (Å²) < 4.78 is 0. The molecule has 1 saturated heterocycles. The molecule has 0 amide bonds. The van der Waals surface area contributed by atoms with Gasteiger partial charge in [-0.05, 0) is 19.4 Å². The van der Waals surface area contributed by atoms with E-state index in [2.05, 4.69) is 15.7 Å². The van der Waals surface area contributed by atoms with Crippen molar-refractivity contribution >= 4 is 11.3 Å². The van der Waals surface area contributed by atoms with Gasteiger partial charge in [-0.3, -0.25) is 0 Å². The molecule has 1 aromatic heterocycles. The monoisotopic (exact) mass is 168 g/mol. The molecule has 0 aromatic carbocycles. The average Bonchev–Trinajstić information content (AvgIpc) is 2.58. The molecular formula is C8H12N2S. The van der Waals surface area contributed by atoms with Crippen LogP contribution in [0.4, 0.5) is 0 Å². The molecule has 0 bridgehead atoms. The predicted octanol–water partition coefficient (Wildman–Crippen LogP) is 1.61. The van der Waals surface area contributed by atoms with E-state index in [-0.39, 0.29) is 0 Å². The highest BCUT2D eigenvalue weighted by Gasteiger charge is 2.16. The molecule has 2 rings (SSSR count). The topological polar surface area (TPSA) is 24.9 Å². The van der Waals surface area contributed by atoms with Crippen LogP contribution in [-0.4, -0.2) is 18.1 Å². The molecule has 1 N–H and O–H groups in total. The van der Waals surface area contributed by atoms with Crippen molar-refractivity contribution in [2.24, 2.45) is 0 Å². The molecule has 1 aliphatic rings. The van der Waals surface area contributed by atoms with Gasteiger partial charge in [0, 0.05) is 24.0 Å². The number of nitrogens with zero attached hydrogens (tertiary/aromatic N) is 1. The van der Waals surface area contributed by atoms with Gasteiger partial charge >= 0.3 is 0 Å². The quantitative estimate of drug-likeness (QED) is 0.689. The summed E-state index contributed by atoms with van der Waals surface area (Å²) >= 11 is 1.78. The summed E-state index contributed by atoms with van der Waals surface area (Å²) in [6.07, 6.45) is 4.50. The van der Waals surface area contributed by atoms with Gasteiger partial charge in [0.1, 0.15) is 0 Å². The number of hydrogen-bond donors (Lipinski definition) is 1. The van der Waals surface area contributed by atoms with E-state index in [0.29, 0.717) is 5.92 Å². The van der Waals surface area contributed by atoms with Crippen LogP contribution in [0.5, 0.6) is 0 Å². The Bertz CT molecular complexity index is 202. The molecule has 0 aliphatic carbocycles. The van der Waals surface area contributed by atoms with E-state index >= 15 is 0 Å². The van der Waals surface area contributed by atoms with E-state index in [4.69, 9.17) is 0 Å². The molecule has 11 heavy (non-hydrogen) atoms. The van der Waals surface area contributed by atoms with Gasteiger partial charge in [0.2, 0.25) is 0 Å². The first kappa shape index (κ1) is 7.25. The minimum Gasteiger partial charge on any atom is -0.316 e. The zero-order valence-electron chi connectivity index (χ0n) is 6.42. The highest BCUT2D eigenvalue weighted by Crippen LogP contribution is 2.24. The molecule has 1 aliphatic heterocycles. The van der Waals surface area contributed by atoms with Crippen LogP contribution in [0.15, 0.2) is 11.6 Å². The maximum atomic E-state index is 4.32. The Kier molecular flexibility index (Phi) is 2.19. The second-order valence-electron chi connectivity index (χ2n) is 2.91. The van der Waals surface area contributed by atoms with Crippen LogP contribution in [-0.2, 0) is 0 Å². The van der Waals surface area contributed by atoms with Gasteiger partial charge < -0.3 is 5.32 Å². The standard InChI is InChI=1S/C8H12N2S/c1-2-7(6-9-3-1)8-10-4-5-11-8/h4-5,7,9H,1-3,6H2/t7-/m1/s1. The van der Waals surface area contributed by atoms with Gasteiger partial charge in [-0.1, -0.05) is 0 Å². The van der Waals surface area contributed by atoms with Crippen LogP contribution >= 0.6 is 11.3 Å². The van der Waals surface area contributed by atoms with Gasteiger partial charge in [-0.25, -0.2) is 4.98 Å². The zero-order chi connectivity index (χ0) is 7.52. The molecule has 0 unspecified atom stereocenters. The van der Waals surface area contributed by atoms with E-state index < -0.39 is 0 Å². The predicted molar refractivity (Wildman–Crippen MR) is 47.0 cm³/mol. The fourth-order valence-corrected chi connectivity index (χ4v) is 2.28. The van der Waals surface area contributed by atoms with Crippen LogP contribution < -0.4 is 5.32 Å². The Morgan fingerprint density at radius 3 is 3.27 bits per heavy atom. The number of hydrogen-bond acceptors (Lipinski definition) is 3. The van der Waals surface area contributed by atoms with Gasteiger partial charge in [0.05, 0.1) is 5.01 Å². The summed E-state index contributed by atoms with van der Waals surface area (Å²) in [4.78, 5) is 4.32.